The maximum absolute atomic E-state index is 13.5. The first kappa shape index (κ1) is 22.6. The van der Waals surface area contributed by atoms with Gasteiger partial charge in [0.05, 0.1) is 17.4 Å². The van der Waals surface area contributed by atoms with Crippen molar-refractivity contribution in [3.63, 3.8) is 0 Å². The molecular formula is C22H29Cl2NO3S. The van der Waals surface area contributed by atoms with Crippen LogP contribution >= 0.6 is 23.2 Å². The molecule has 0 radical (unpaired) electrons. The molecule has 0 spiro atoms. The molecule has 1 saturated heterocycles. The summed E-state index contributed by atoms with van der Waals surface area (Å²) in [5.41, 5.74) is 2.00. The van der Waals surface area contributed by atoms with E-state index in [1.807, 2.05) is 26.0 Å². The van der Waals surface area contributed by atoms with E-state index < -0.39 is 9.84 Å². The number of rotatable bonds is 6. The molecule has 29 heavy (non-hydrogen) atoms. The average molecular weight is 458 g/mol. The van der Waals surface area contributed by atoms with Crippen LogP contribution in [0, 0.1) is 17.3 Å². The maximum Gasteiger partial charge on any atom is 0.227 e. The quantitative estimate of drug-likeness (QED) is 0.608. The Labute approximate surface area is 184 Å². The Balaban J connectivity index is 1.86. The summed E-state index contributed by atoms with van der Waals surface area (Å²) in [6.45, 7) is 8.73. The van der Waals surface area contributed by atoms with Gasteiger partial charge in [-0.2, -0.15) is 0 Å². The van der Waals surface area contributed by atoms with Gasteiger partial charge >= 0.3 is 0 Å². The molecule has 160 valence electrons. The van der Waals surface area contributed by atoms with E-state index in [1.165, 1.54) is 5.56 Å². The molecule has 7 heteroatoms. The van der Waals surface area contributed by atoms with Crippen LogP contribution in [0.3, 0.4) is 0 Å². The van der Waals surface area contributed by atoms with Crippen LogP contribution in [0.4, 0.5) is 0 Å². The number of hydrogen-bond donors (Lipinski definition) is 0. The molecule has 1 heterocycles. The maximum atomic E-state index is 13.5. The van der Waals surface area contributed by atoms with E-state index in [4.69, 9.17) is 23.2 Å². The van der Waals surface area contributed by atoms with Gasteiger partial charge in [-0.15, -0.1) is 0 Å². The van der Waals surface area contributed by atoms with Crippen LogP contribution < -0.4 is 0 Å². The number of nitrogens with zero attached hydrogens (tertiary/aromatic N) is 1. The Morgan fingerprint density at radius 1 is 1.24 bits per heavy atom. The summed E-state index contributed by atoms with van der Waals surface area (Å²) < 4.78 is 24.3. The highest BCUT2D eigenvalue weighted by atomic mass is 35.5. The predicted molar refractivity (Wildman–Crippen MR) is 119 cm³/mol. The van der Waals surface area contributed by atoms with Crippen LogP contribution in [-0.2, 0) is 21.2 Å². The lowest BCUT2D eigenvalue weighted by atomic mass is 10.0. The van der Waals surface area contributed by atoms with Crippen molar-refractivity contribution in [2.24, 2.45) is 17.3 Å². The van der Waals surface area contributed by atoms with Crippen molar-refractivity contribution in [2.75, 3.05) is 11.5 Å². The van der Waals surface area contributed by atoms with Gasteiger partial charge < -0.3 is 4.90 Å². The molecule has 3 rings (SSSR count). The monoisotopic (exact) mass is 457 g/mol. The van der Waals surface area contributed by atoms with E-state index in [0.29, 0.717) is 18.9 Å². The lowest BCUT2D eigenvalue weighted by Gasteiger charge is -2.29. The second kappa shape index (κ2) is 8.24. The summed E-state index contributed by atoms with van der Waals surface area (Å²) in [6, 6.07) is 7.93. The van der Waals surface area contributed by atoms with Gasteiger partial charge in [0, 0.05) is 12.6 Å². The van der Waals surface area contributed by atoms with Crippen molar-refractivity contribution in [3.05, 3.63) is 46.0 Å². The van der Waals surface area contributed by atoms with Crippen molar-refractivity contribution in [1.29, 1.82) is 0 Å². The zero-order valence-electron chi connectivity index (χ0n) is 17.4. The lowest BCUT2D eigenvalue weighted by Crippen LogP contribution is -2.42. The molecule has 2 fully saturated rings. The fourth-order valence-corrected chi connectivity index (χ4v) is 6.39. The van der Waals surface area contributed by atoms with Crippen molar-refractivity contribution in [1.82, 2.24) is 4.90 Å². The molecule has 0 unspecified atom stereocenters. The number of hydrogen-bond acceptors (Lipinski definition) is 3. The fraction of sp³-hybridized carbons (Fsp3) is 0.591. The number of sulfone groups is 1. The number of benzene rings is 1. The van der Waals surface area contributed by atoms with Crippen molar-refractivity contribution >= 4 is 38.9 Å². The SMILES string of the molecule is CC(C)c1ccc(CN(C(=O)[C@@H]2[C@@H](C=C(Cl)Cl)C2(C)C)[C@@H]2CCS(=O)(=O)C2)cc1. The summed E-state index contributed by atoms with van der Waals surface area (Å²) >= 11 is 11.7. The first-order chi connectivity index (χ1) is 13.4. The number of carbonyl (C=O) groups is 1. The lowest BCUT2D eigenvalue weighted by molar-refractivity contribution is -0.136. The highest BCUT2D eigenvalue weighted by molar-refractivity contribution is 7.91. The van der Waals surface area contributed by atoms with Gasteiger partial charge in [-0.1, -0.05) is 75.2 Å². The van der Waals surface area contributed by atoms with Crippen LogP contribution in [0.25, 0.3) is 0 Å². The zero-order valence-corrected chi connectivity index (χ0v) is 19.7. The number of allylic oxidation sites excluding steroid dienone is 1. The van der Waals surface area contributed by atoms with E-state index in [2.05, 4.69) is 26.0 Å². The molecule has 3 atom stereocenters. The molecule has 4 nitrogen and oxygen atoms in total. The van der Waals surface area contributed by atoms with Crippen molar-refractivity contribution in [2.45, 2.75) is 52.6 Å². The molecule has 1 amide bonds. The van der Waals surface area contributed by atoms with Crippen LogP contribution in [0.2, 0.25) is 0 Å². The second-order valence-electron chi connectivity index (χ2n) is 9.20. The highest BCUT2D eigenvalue weighted by Gasteiger charge is 2.62. The zero-order chi connectivity index (χ0) is 21.6. The Kier molecular flexibility index (Phi) is 6.43. The first-order valence-corrected chi connectivity index (χ1v) is 12.6. The second-order valence-corrected chi connectivity index (χ2v) is 12.4. The van der Waals surface area contributed by atoms with Crippen molar-refractivity contribution in [3.8, 4) is 0 Å². The minimum atomic E-state index is -3.10. The number of amides is 1. The molecule has 1 aromatic carbocycles. The van der Waals surface area contributed by atoms with Gasteiger partial charge in [0.2, 0.25) is 5.91 Å². The molecule has 1 aliphatic heterocycles. The van der Waals surface area contributed by atoms with Crippen LogP contribution in [0.5, 0.6) is 0 Å². The minimum absolute atomic E-state index is 0.0131. The van der Waals surface area contributed by atoms with E-state index in [1.54, 1.807) is 11.0 Å². The normalized spacial score (nSPS) is 26.9. The van der Waals surface area contributed by atoms with Gasteiger partial charge in [0.25, 0.3) is 0 Å². The Morgan fingerprint density at radius 3 is 2.34 bits per heavy atom. The fourth-order valence-electron chi connectivity index (χ4n) is 4.39. The van der Waals surface area contributed by atoms with Crippen LogP contribution in [0.15, 0.2) is 34.8 Å². The van der Waals surface area contributed by atoms with Gasteiger partial charge in [-0.3, -0.25) is 4.79 Å². The molecule has 2 aliphatic rings. The number of carbonyl (C=O) groups excluding carboxylic acids is 1. The van der Waals surface area contributed by atoms with Gasteiger partial charge in [0.1, 0.15) is 4.49 Å². The van der Waals surface area contributed by atoms with Gasteiger partial charge in [0.15, 0.2) is 9.84 Å². The summed E-state index contributed by atoms with van der Waals surface area (Å²) in [7, 11) is -3.10. The third kappa shape index (κ3) is 5.00. The average Bonchev–Trinajstić information content (AvgIpc) is 2.94. The molecule has 1 aliphatic carbocycles. The molecular weight excluding hydrogens is 429 g/mol. The molecule has 1 saturated carbocycles. The van der Waals surface area contributed by atoms with E-state index in [9.17, 15) is 13.2 Å². The Morgan fingerprint density at radius 2 is 1.86 bits per heavy atom. The third-order valence-corrected chi connectivity index (χ3v) is 8.42. The smallest absolute Gasteiger partial charge is 0.227 e. The van der Waals surface area contributed by atoms with Gasteiger partial charge in [-0.05, 0) is 40.9 Å². The molecule has 0 aromatic heterocycles. The summed E-state index contributed by atoms with van der Waals surface area (Å²) in [5.74, 6) is 0.311. The molecule has 0 bridgehead atoms. The summed E-state index contributed by atoms with van der Waals surface area (Å²) in [5, 5.41) is 0. The minimum Gasteiger partial charge on any atom is -0.334 e. The Hall–Kier alpha value is -1.04. The molecule has 0 N–H and O–H groups in total. The molecule has 1 aromatic rings. The Bertz CT molecular complexity index is 902. The standard InChI is InChI=1S/C22H29Cl2NO3S/c1-14(2)16-7-5-15(6-8-16)12-25(17-9-10-29(27,28)13-17)21(26)20-18(11-19(23)24)22(20,3)4/h5-8,11,14,17-18,20H,9-10,12-13H2,1-4H3/t17-,18-,20+/m1/s1. The van der Waals surface area contributed by atoms with Crippen molar-refractivity contribution < 1.29 is 13.2 Å². The number of halogens is 2. The van der Waals surface area contributed by atoms with E-state index in [0.717, 1.165) is 5.56 Å². The largest absolute Gasteiger partial charge is 0.334 e. The summed E-state index contributed by atoms with van der Waals surface area (Å²) in [6.07, 6.45) is 2.22. The predicted octanol–water partition coefficient (Wildman–Crippen LogP) is 4.92. The van der Waals surface area contributed by atoms with Gasteiger partial charge in [-0.25, -0.2) is 8.42 Å². The van der Waals surface area contributed by atoms with E-state index in [-0.39, 0.29) is 45.2 Å². The third-order valence-electron chi connectivity index (χ3n) is 6.41. The highest BCUT2D eigenvalue weighted by Crippen LogP contribution is 2.60. The summed E-state index contributed by atoms with van der Waals surface area (Å²) in [4.78, 5) is 15.3. The first-order valence-electron chi connectivity index (χ1n) is 10.0. The van der Waals surface area contributed by atoms with Crippen LogP contribution in [0.1, 0.15) is 51.2 Å². The topological polar surface area (TPSA) is 54.5 Å². The van der Waals surface area contributed by atoms with E-state index >= 15 is 0 Å². The van der Waals surface area contributed by atoms with Crippen LogP contribution in [-0.4, -0.2) is 36.8 Å².